The molecule has 0 saturated carbocycles. The highest BCUT2D eigenvalue weighted by Crippen LogP contribution is 2.35. The lowest BCUT2D eigenvalue weighted by atomic mass is 10.1. The fraction of sp³-hybridized carbons (Fsp3) is 0.273. The number of fused-ring (bicyclic) bond motifs is 1. The molecule has 2 aromatic carbocycles. The summed E-state index contributed by atoms with van der Waals surface area (Å²) in [5, 5.41) is 4.79. The fourth-order valence-electron chi connectivity index (χ4n) is 3.64. The van der Waals surface area contributed by atoms with Gasteiger partial charge < -0.3 is 8.94 Å². The zero-order valence-electron chi connectivity index (χ0n) is 17.2. The monoisotopic (exact) mass is 455 g/mol. The molecule has 0 aliphatic carbocycles. The van der Waals surface area contributed by atoms with Crippen LogP contribution in [0.1, 0.15) is 11.1 Å². The first-order valence-electron chi connectivity index (χ1n) is 9.96. The molecule has 0 N–H and O–H groups in total. The summed E-state index contributed by atoms with van der Waals surface area (Å²) in [5.41, 5.74) is 3.34. The minimum absolute atomic E-state index is 0.265. The van der Waals surface area contributed by atoms with Gasteiger partial charge in [0.05, 0.1) is 4.90 Å². The van der Waals surface area contributed by atoms with Crippen LogP contribution in [0.25, 0.3) is 34.0 Å². The van der Waals surface area contributed by atoms with Crippen LogP contribution >= 0.6 is 11.8 Å². The maximum Gasteiger partial charge on any atom is 0.294 e. The van der Waals surface area contributed by atoms with Crippen LogP contribution in [0.2, 0.25) is 0 Å². The lowest BCUT2D eigenvalue weighted by Crippen LogP contribution is -2.37. The SMILES string of the molecule is Cc1ccc(-c2noc(-c3oc4ccc(S(=O)(=O)N5CCSCC5)cc4c3C)n2)cc1. The lowest BCUT2D eigenvalue weighted by molar-refractivity contribution is 0.419. The largest absolute Gasteiger partial charge is 0.451 e. The summed E-state index contributed by atoms with van der Waals surface area (Å²) in [6.45, 7) is 4.95. The van der Waals surface area contributed by atoms with E-state index in [2.05, 4.69) is 10.1 Å². The van der Waals surface area contributed by atoms with Gasteiger partial charge in [-0.3, -0.25) is 0 Å². The number of thioether (sulfide) groups is 1. The first-order valence-corrected chi connectivity index (χ1v) is 12.5. The highest BCUT2D eigenvalue weighted by Gasteiger charge is 2.27. The molecule has 2 aromatic heterocycles. The van der Waals surface area contributed by atoms with E-state index in [4.69, 9.17) is 8.94 Å². The summed E-state index contributed by atoms with van der Waals surface area (Å²) in [6.07, 6.45) is 0. The Kier molecular flexibility index (Phi) is 5.11. The van der Waals surface area contributed by atoms with Crippen molar-refractivity contribution in [3.05, 3.63) is 53.6 Å². The number of hydrogen-bond donors (Lipinski definition) is 0. The standard InChI is InChI=1S/C22H21N3O4S2/c1-14-3-5-16(6-4-14)21-23-22(29-24-21)20-15(2)18-13-17(7-8-19(18)28-20)31(26,27)25-9-11-30-12-10-25/h3-8,13H,9-12H2,1-2H3. The van der Waals surface area contributed by atoms with Crippen molar-refractivity contribution in [2.45, 2.75) is 18.7 Å². The van der Waals surface area contributed by atoms with Crippen LogP contribution in [-0.2, 0) is 10.0 Å². The van der Waals surface area contributed by atoms with Crippen LogP contribution in [-0.4, -0.2) is 47.5 Å². The maximum atomic E-state index is 13.0. The quantitative estimate of drug-likeness (QED) is 0.447. The van der Waals surface area contributed by atoms with Gasteiger partial charge >= 0.3 is 0 Å². The van der Waals surface area contributed by atoms with Crippen molar-refractivity contribution >= 4 is 32.8 Å². The molecule has 9 heteroatoms. The van der Waals surface area contributed by atoms with Crippen molar-refractivity contribution in [1.29, 1.82) is 0 Å². The van der Waals surface area contributed by atoms with Crippen LogP contribution in [0.3, 0.4) is 0 Å². The molecule has 1 aliphatic rings. The number of sulfonamides is 1. The Morgan fingerprint density at radius 1 is 1.03 bits per heavy atom. The second-order valence-electron chi connectivity index (χ2n) is 7.52. The van der Waals surface area contributed by atoms with Crippen molar-refractivity contribution in [2.75, 3.05) is 24.6 Å². The Hall–Kier alpha value is -2.62. The summed E-state index contributed by atoms with van der Waals surface area (Å²) in [5.74, 6) is 2.82. The lowest BCUT2D eigenvalue weighted by Gasteiger charge is -2.25. The number of rotatable bonds is 4. The number of nitrogens with zero attached hydrogens (tertiary/aromatic N) is 3. The molecule has 3 heterocycles. The first-order chi connectivity index (χ1) is 14.9. The Balaban J connectivity index is 1.52. The third-order valence-corrected chi connectivity index (χ3v) is 8.28. The molecule has 5 rings (SSSR count). The van der Waals surface area contributed by atoms with Crippen molar-refractivity contribution in [1.82, 2.24) is 14.4 Å². The smallest absolute Gasteiger partial charge is 0.294 e. The third kappa shape index (κ3) is 3.66. The highest BCUT2D eigenvalue weighted by molar-refractivity contribution is 7.99. The molecule has 7 nitrogen and oxygen atoms in total. The zero-order chi connectivity index (χ0) is 21.6. The highest BCUT2D eigenvalue weighted by atomic mass is 32.2. The Morgan fingerprint density at radius 2 is 1.77 bits per heavy atom. The molecule has 31 heavy (non-hydrogen) atoms. The number of hydrogen-bond acceptors (Lipinski definition) is 7. The van der Waals surface area contributed by atoms with Crippen LogP contribution in [0.4, 0.5) is 0 Å². The van der Waals surface area contributed by atoms with E-state index < -0.39 is 10.0 Å². The van der Waals surface area contributed by atoms with Crippen LogP contribution < -0.4 is 0 Å². The van der Waals surface area contributed by atoms with Gasteiger partial charge in [-0.15, -0.1) is 0 Å². The van der Waals surface area contributed by atoms with E-state index in [0.29, 0.717) is 30.3 Å². The Morgan fingerprint density at radius 3 is 2.52 bits per heavy atom. The molecule has 0 spiro atoms. The van der Waals surface area contributed by atoms with Gasteiger partial charge in [0.25, 0.3) is 5.89 Å². The summed E-state index contributed by atoms with van der Waals surface area (Å²) < 4.78 is 39.1. The van der Waals surface area contributed by atoms with Crippen LogP contribution in [0.5, 0.6) is 0 Å². The number of benzene rings is 2. The molecular weight excluding hydrogens is 434 g/mol. The second-order valence-corrected chi connectivity index (χ2v) is 10.7. The molecule has 1 fully saturated rings. The van der Waals surface area contributed by atoms with Crippen molar-refractivity contribution in [2.24, 2.45) is 0 Å². The van der Waals surface area contributed by atoms with Gasteiger partial charge in [-0.1, -0.05) is 35.0 Å². The third-order valence-electron chi connectivity index (χ3n) is 5.45. The molecule has 1 aliphatic heterocycles. The minimum Gasteiger partial charge on any atom is -0.451 e. The molecule has 0 radical (unpaired) electrons. The van der Waals surface area contributed by atoms with E-state index in [1.54, 1.807) is 34.3 Å². The van der Waals surface area contributed by atoms with Gasteiger partial charge in [0, 0.05) is 41.1 Å². The van der Waals surface area contributed by atoms with Gasteiger partial charge in [-0.2, -0.15) is 21.1 Å². The Labute approximate surface area is 184 Å². The van der Waals surface area contributed by atoms with E-state index in [1.165, 1.54) is 0 Å². The molecule has 4 aromatic rings. The van der Waals surface area contributed by atoms with Crippen molar-refractivity contribution in [3.63, 3.8) is 0 Å². The fourth-order valence-corrected chi connectivity index (χ4v) is 6.24. The topological polar surface area (TPSA) is 89.4 Å². The number of aromatic nitrogens is 2. The number of furan rings is 1. The molecule has 1 saturated heterocycles. The van der Waals surface area contributed by atoms with E-state index in [9.17, 15) is 8.42 Å². The van der Waals surface area contributed by atoms with Gasteiger partial charge in [0.15, 0.2) is 5.76 Å². The average molecular weight is 456 g/mol. The summed E-state index contributed by atoms with van der Waals surface area (Å²) in [6, 6.07) is 12.8. The van der Waals surface area contributed by atoms with Crippen LogP contribution in [0, 0.1) is 13.8 Å². The predicted molar refractivity (Wildman–Crippen MR) is 120 cm³/mol. The average Bonchev–Trinajstić information content (AvgIpc) is 3.40. The van der Waals surface area contributed by atoms with Gasteiger partial charge in [0.2, 0.25) is 15.8 Å². The maximum absolute atomic E-state index is 13.0. The minimum atomic E-state index is -3.53. The molecule has 0 unspecified atom stereocenters. The van der Waals surface area contributed by atoms with Crippen molar-refractivity contribution in [3.8, 4) is 23.0 Å². The van der Waals surface area contributed by atoms with E-state index in [0.717, 1.165) is 33.6 Å². The normalized spacial score (nSPS) is 15.5. The second kappa shape index (κ2) is 7.81. The molecular formula is C22H21N3O4S2. The van der Waals surface area contributed by atoms with E-state index >= 15 is 0 Å². The van der Waals surface area contributed by atoms with Crippen LogP contribution in [0.15, 0.2) is 56.3 Å². The summed E-state index contributed by atoms with van der Waals surface area (Å²) in [4.78, 5) is 4.75. The molecule has 0 amide bonds. The van der Waals surface area contributed by atoms with Crippen molar-refractivity contribution < 1.29 is 17.4 Å². The Bertz CT molecular complexity index is 1350. The molecule has 0 bridgehead atoms. The van der Waals surface area contributed by atoms with Gasteiger partial charge in [-0.05, 0) is 32.0 Å². The molecule has 0 atom stereocenters. The predicted octanol–water partition coefficient (Wildman–Crippen LogP) is 4.50. The van der Waals surface area contributed by atoms with E-state index in [1.807, 2.05) is 38.1 Å². The van der Waals surface area contributed by atoms with Gasteiger partial charge in [-0.25, -0.2) is 8.42 Å². The number of aryl methyl sites for hydroxylation is 2. The molecule has 160 valence electrons. The van der Waals surface area contributed by atoms with Gasteiger partial charge in [0.1, 0.15) is 5.58 Å². The first kappa shape index (κ1) is 20.3. The zero-order valence-corrected chi connectivity index (χ0v) is 18.8. The summed E-state index contributed by atoms with van der Waals surface area (Å²) >= 11 is 1.77. The summed E-state index contributed by atoms with van der Waals surface area (Å²) in [7, 11) is -3.53. The van der Waals surface area contributed by atoms with E-state index in [-0.39, 0.29) is 10.8 Å².